The molecule has 1 aliphatic rings. The first-order chi connectivity index (χ1) is 11.5. The standard InChI is InChI=1S/C17H22N4O3/c1-20-6-7-21-14-4-2-12(8-11(14)9-15(21)17(20)24)19-10-13(22)3-5-16(18)23/h2,4,8-9,13,19,22H,3,5-7,10H2,1H3,(H2,18,23). The zero-order chi connectivity index (χ0) is 17.3. The third kappa shape index (κ3) is 3.21. The van der Waals surface area contributed by atoms with Gasteiger partial charge in [0.2, 0.25) is 5.91 Å². The summed E-state index contributed by atoms with van der Waals surface area (Å²) < 4.78 is 2.04. The van der Waals surface area contributed by atoms with Crippen LogP contribution in [0.2, 0.25) is 0 Å². The number of hydrogen-bond acceptors (Lipinski definition) is 4. The molecule has 0 fully saturated rings. The minimum atomic E-state index is -0.634. The van der Waals surface area contributed by atoms with Crippen LogP contribution in [0.4, 0.5) is 5.69 Å². The minimum absolute atomic E-state index is 0.0360. The Balaban J connectivity index is 1.73. The molecular formula is C17H22N4O3. The lowest BCUT2D eigenvalue weighted by Crippen LogP contribution is -2.36. The highest BCUT2D eigenvalue weighted by atomic mass is 16.3. The molecule has 24 heavy (non-hydrogen) atoms. The van der Waals surface area contributed by atoms with E-state index in [0.717, 1.165) is 23.1 Å². The number of nitrogens with zero attached hydrogens (tertiary/aromatic N) is 2. The van der Waals surface area contributed by atoms with E-state index < -0.39 is 12.0 Å². The molecule has 0 saturated heterocycles. The molecule has 3 rings (SSSR count). The van der Waals surface area contributed by atoms with Crippen molar-refractivity contribution in [2.24, 2.45) is 5.73 Å². The van der Waals surface area contributed by atoms with Crippen LogP contribution >= 0.6 is 0 Å². The molecule has 128 valence electrons. The zero-order valence-corrected chi connectivity index (χ0v) is 13.7. The molecule has 1 atom stereocenters. The van der Waals surface area contributed by atoms with Crippen LogP contribution in [-0.2, 0) is 11.3 Å². The molecule has 0 radical (unpaired) electrons. The largest absolute Gasteiger partial charge is 0.391 e. The highest BCUT2D eigenvalue weighted by molar-refractivity contribution is 6.00. The van der Waals surface area contributed by atoms with Gasteiger partial charge < -0.3 is 25.6 Å². The molecule has 7 nitrogen and oxygen atoms in total. The number of primary amides is 1. The fourth-order valence-corrected chi connectivity index (χ4v) is 2.99. The summed E-state index contributed by atoms with van der Waals surface area (Å²) in [4.78, 5) is 24.7. The molecule has 0 aliphatic carbocycles. The highest BCUT2D eigenvalue weighted by Gasteiger charge is 2.23. The van der Waals surface area contributed by atoms with Crippen LogP contribution in [0.15, 0.2) is 24.3 Å². The summed E-state index contributed by atoms with van der Waals surface area (Å²) in [6, 6.07) is 7.78. The van der Waals surface area contributed by atoms with E-state index in [1.165, 1.54) is 0 Å². The van der Waals surface area contributed by atoms with Gasteiger partial charge in [-0.15, -0.1) is 0 Å². The molecule has 1 aliphatic heterocycles. The first-order valence-corrected chi connectivity index (χ1v) is 8.04. The second-order valence-corrected chi connectivity index (χ2v) is 6.22. The smallest absolute Gasteiger partial charge is 0.270 e. The Labute approximate surface area is 140 Å². The second-order valence-electron chi connectivity index (χ2n) is 6.22. The molecule has 0 bridgehead atoms. The molecule has 1 unspecified atom stereocenters. The molecule has 1 aromatic carbocycles. The van der Waals surface area contributed by atoms with E-state index in [1.54, 1.807) is 4.90 Å². The monoisotopic (exact) mass is 330 g/mol. The summed E-state index contributed by atoms with van der Waals surface area (Å²) in [6.45, 7) is 1.84. The predicted molar refractivity (Wildman–Crippen MR) is 91.8 cm³/mol. The van der Waals surface area contributed by atoms with E-state index in [-0.39, 0.29) is 12.3 Å². The molecule has 1 aromatic heterocycles. The SMILES string of the molecule is CN1CCn2c(cc3cc(NCC(O)CCC(N)=O)ccc32)C1=O. The minimum Gasteiger partial charge on any atom is -0.391 e. The van der Waals surface area contributed by atoms with Crippen molar-refractivity contribution in [1.82, 2.24) is 9.47 Å². The van der Waals surface area contributed by atoms with Gasteiger partial charge in [-0.3, -0.25) is 9.59 Å². The fourth-order valence-electron chi connectivity index (χ4n) is 2.99. The Kier molecular flexibility index (Phi) is 4.44. The van der Waals surface area contributed by atoms with Gasteiger partial charge in [0.15, 0.2) is 0 Å². The van der Waals surface area contributed by atoms with Crippen LogP contribution in [-0.4, -0.2) is 52.6 Å². The van der Waals surface area contributed by atoms with E-state index in [0.29, 0.717) is 25.2 Å². The average molecular weight is 330 g/mol. The van der Waals surface area contributed by atoms with E-state index in [4.69, 9.17) is 5.73 Å². The highest BCUT2D eigenvalue weighted by Crippen LogP contribution is 2.26. The molecule has 0 saturated carbocycles. The maximum atomic E-state index is 12.2. The maximum absolute atomic E-state index is 12.2. The Hall–Kier alpha value is -2.54. The second kappa shape index (κ2) is 6.52. The van der Waals surface area contributed by atoms with Gasteiger partial charge in [0, 0.05) is 49.7 Å². The van der Waals surface area contributed by atoms with Crippen LogP contribution in [0.5, 0.6) is 0 Å². The van der Waals surface area contributed by atoms with Crippen LogP contribution in [0, 0.1) is 0 Å². The van der Waals surface area contributed by atoms with E-state index in [2.05, 4.69) is 5.32 Å². The Morgan fingerprint density at radius 3 is 2.92 bits per heavy atom. The van der Waals surface area contributed by atoms with Crippen molar-refractivity contribution in [2.75, 3.05) is 25.5 Å². The van der Waals surface area contributed by atoms with Gasteiger partial charge in [0.25, 0.3) is 5.91 Å². The third-order valence-electron chi connectivity index (χ3n) is 4.39. The van der Waals surface area contributed by atoms with Gasteiger partial charge in [0.05, 0.1) is 6.10 Å². The van der Waals surface area contributed by atoms with Gasteiger partial charge >= 0.3 is 0 Å². The number of aromatic nitrogens is 1. The predicted octanol–water partition coefficient (Wildman–Crippen LogP) is 0.765. The number of nitrogens with two attached hydrogens (primary N) is 1. The number of hydrogen-bond donors (Lipinski definition) is 3. The Morgan fingerprint density at radius 1 is 1.38 bits per heavy atom. The summed E-state index contributed by atoms with van der Waals surface area (Å²) in [5.41, 5.74) is 7.68. The van der Waals surface area contributed by atoms with E-state index in [1.807, 2.05) is 35.9 Å². The van der Waals surface area contributed by atoms with Crippen LogP contribution < -0.4 is 11.1 Å². The molecule has 2 amide bonds. The lowest BCUT2D eigenvalue weighted by atomic mass is 10.2. The van der Waals surface area contributed by atoms with Crippen molar-refractivity contribution in [3.05, 3.63) is 30.0 Å². The van der Waals surface area contributed by atoms with Gasteiger partial charge in [0.1, 0.15) is 5.69 Å². The van der Waals surface area contributed by atoms with Crippen LogP contribution in [0.3, 0.4) is 0 Å². The molecule has 2 aromatic rings. The average Bonchev–Trinajstić information content (AvgIpc) is 2.93. The lowest BCUT2D eigenvalue weighted by molar-refractivity contribution is -0.118. The number of aliphatic hydroxyl groups excluding tert-OH is 1. The molecule has 0 spiro atoms. The Morgan fingerprint density at radius 2 is 2.17 bits per heavy atom. The molecule has 4 N–H and O–H groups in total. The van der Waals surface area contributed by atoms with Crippen molar-refractivity contribution in [2.45, 2.75) is 25.5 Å². The number of carbonyl (C=O) groups is 2. The number of likely N-dealkylation sites (N-methyl/N-ethyl adjacent to an activating group) is 1. The van der Waals surface area contributed by atoms with Gasteiger partial charge in [-0.1, -0.05) is 0 Å². The van der Waals surface area contributed by atoms with Gasteiger partial charge in [-0.25, -0.2) is 0 Å². The number of aliphatic hydroxyl groups is 1. The summed E-state index contributed by atoms with van der Waals surface area (Å²) >= 11 is 0. The molecule has 7 heteroatoms. The van der Waals surface area contributed by atoms with Crippen LogP contribution in [0.25, 0.3) is 10.9 Å². The zero-order valence-electron chi connectivity index (χ0n) is 13.7. The van der Waals surface area contributed by atoms with Crippen molar-refractivity contribution in [3.63, 3.8) is 0 Å². The number of amides is 2. The van der Waals surface area contributed by atoms with Crippen molar-refractivity contribution in [1.29, 1.82) is 0 Å². The van der Waals surface area contributed by atoms with E-state index in [9.17, 15) is 14.7 Å². The van der Waals surface area contributed by atoms with E-state index >= 15 is 0 Å². The quantitative estimate of drug-likeness (QED) is 0.728. The maximum Gasteiger partial charge on any atom is 0.270 e. The first-order valence-electron chi connectivity index (χ1n) is 8.04. The normalized spacial score (nSPS) is 15.4. The van der Waals surface area contributed by atoms with Crippen molar-refractivity contribution >= 4 is 28.4 Å². The number of anilines is 1. The van der Waals surface area contributed by atoms with Crippen molar-refractivity contribution in [3.8, 4) is 0 Å². The number of rotatable bonds is 6. The molecule has 2 heterocycles. The summed E-state index contributed by atoms with van der Waals surface area (Å²) in [6.07, 6.45) is -0.124. The molecular weight excluding hydrogens is 308 g/mol. The number of fused-ring (bicyclic) bond motifs is 3. The topological polar surface area (TPSA) is 101 Å². The number of carbonyl (C=O) groups excluding carboxylic acids is 2. The third-order valence-corrected chi connectivity index (χ3v) is 4.39. The summed E-state index contributed by atoms with van der Waals surface area (Å²) in [5.74, 6) is -0.377. The summed E-state index contributed by atoms with van der Waals surface area (Å²) in [7, 11) is 1.81. The Bertz CT molecular complexity index is 783. The first kappa shape index (κ1) is 16.3. The number of benzene rings is 1. The van der Waals surface area contributed by atoms with Gasteiger partial charge in [-0.2, -0.15) is 0 Å². The van der Waals surface area contributed by atoms with Crippen LogP contribution in [0.1, 0.15) is 23.3 Å². The number of nitrogens with one attached hydrogen (secondary N) is 1. The lowest BCUT2D eigenvalue weighted by Gasteiger charge is -2.24. The fraction of sp³-hybridized carbons (Fsp3) is 0.412. The van der Waals surface area contributed by atoms with Gasteiger partial charge in [-0.05, 0) is 30.7 Å². The summed E-state index contributed by atoms with van der Waals surface area (Å²) in [5, 5.41) is 14.0. The van der Waals surface area contributed by atoms with Crippen molar-refractivity contribution < 1.29 is 14.7 Å².